The fourth-order valence-electron chi connectivity index (χ4n) is 2.26. The summed E-state index contributed by atoms with van der Waals surface area (Å²) in [5.74, 6) is -1.46. The molecule has 0 heterocycles. The largest absolute Gasteiger partial charge is 0.480 e. The van der Waals surface area contributed by atoms with Gasteiger partial charge in [-0.1, -0.05) is 24.3 Å². The van der Waals surface area contributed by atoms with Crippen molar-refractivity contribution < 1.29 is 19.8 Å². The van der Waals surface area contributed by atoms with Crippen LogP contribution in [0.3, 0.4) is 0 Å². The lowest BCUT2D eigenvalue weighted by molar-refractivity contribution is -0.142. The van der Waals surface area contributed by atoms with Gasteiger partial charge in [0.1, 0.15) is 0 Å². The molecule has 0 spiro atoms. The van der Waals surface area contributed by atoms with Crippen LogP contribution >= 0.6 is 0 Å². The van der Waals surface area contributed by atoms with Gasteiger partial charge in [-0.3, -0.25) is 14.5 Å². The third-order valence-electron chi connectivity index (χ3n) is 3.18. The summed E-state index contributed by atoms with van der Waals surface area (Å²) in [4.78, 5) is 23.0. The van der Waals surface area contributed by atoms with Crippen LogP contribution in [0.2, 0.25) is 0 Å². The van der Waals surface area contributed by atoms with Gasteiger partial charge < -0.3 is 10.2 Å². The van der Waals surface area contributed by atoms with Crippen molar-refractivity contribution >= 4 is 11.9 Å². The van der Waals surface area contributed by atoms with Crippen molar-refractivity contribution in [3.63, 3.8) is 0 Å². The van der Waals surface area contributed by atoms with Gasteiger partial charge in [-0.25, -0.2) is 0 Å². The normalized spacial score (nSPS) is 14.6. The minimum absolute atomic E-state index is 0.259. The quantitative estimate of drug-likeness (QED) is 0.780. The number of carboxylic acids is 2. The second-order valence-electron chi connectivity index (χ2n) is 4.91. The maximum Gasteiger partial charge on any atom is 0.317 e. The molecule has 2 N–H and O–H groups in total. The standard InChI is InChI=1S/C14H17NO4/c16-13(17)8-15(9-14(18)19)7-11-3-1-2-4-12(11)10-5-6-10/h1-4,10H,5-9H2,(H,16,17)(H,18,19). The molecule has 1 fully saturated rings. The number of aliphatic carboxylic acids is 2. The van der Waals surface area contributed by atoms with Crippen LogP contribution in [0.4, 0.5) is 0 Å². The van der Waals surface area contributed by atoms with Crippen LogP contribution in [0.1, 0.15) is 29.9 Å². The molecule has 2 rings (SSSR count). The predicted octanol–water partition coefficient (Wildman–Crippen LogP) is 1.54. The van der Waals surface area contributed by atoms with Crippen LogP contribution in [-0.4, -0.2) is 40.1 Å². The summed E-state index contributed by atoms with van der Waals surface area (Å²) >= 11 is 0. The van der Waals surface area contributed by atoms with Gasteiger partial charge in [0.2, 0.25) is 0 Å². The zero-order valence-corrected chi connectivity index (χ0v) is 10.6. The van der Waals surface area contributed by atoms with Gasteiger partial charge >= 0.3 is 11.9 Å². The average Bonchev–Trinajstić information content (AvgIpc) is 3.11. The Labute approximate surface area is 111 Å². The Morgan fingerprint density at radius 1 is 1.11 bits per heavy atom. The van der Waals surface area contributed by atoms with Crippen molar-refractivity contribution in [2.45, 2.75) is 25.3 Å². The molecule has 0 amide bonds. The molecule has 1 aliphatic carbocycles. The van der Waals surface area contributed by atoms with E-state index >= 15 is 0 Å². The third-order valence-corrected chi connectivity index (χ3v) is 3.18. The first-order chi connectivity index (χ1) is 9.06. The molecule has 102 valence electrons. The smallest absolute Gasteiger partial charge is 0.317 e. The fraction of sp³-hybridized carbons (Fsp3) is 0.429. The van der Waals surface area contributed by atoms with E-state index in [1.165, 1.54) is 10.5 Å². The first-order valence-electron chi connectivity index (χ1n) is 6.30. The Kier molecular flexibility index (Phi) is 4.16. The van der Waals surface area contributed by atoms with Crippen LogP contribution < -0.4 is 0 Å². The Morgan fingerprint density at radius 2 is 1.68 bits per heavy atom. The molecular formula is C14H17NO4. The van der Waals surface area contributed by atoms with E-state index in [1.807, 2.05) is 24.3 Å². The maximum absolute atomic E-state index is 10.8. The summed E-state index contributed by atoms with van der Waals surface area (Å²) in [6.45, 7) is -0.151. The molecule has 1 saturated carbocycles. The van der Waals surface area contributed by atoms with E-state index < -0.39 is 11.9 Å². The van der Waals surface area contributed by atoms with Crippen molar-refractivity contribution in [3.8, 4) is 0 Å². The average molecular weight is 263 g/mol. The van der Waals surface area contributed by atoms with Crippen molar-refractivity contribution in [1.82, 2.24) is 4.90 Å². The molecule has 19 heavy (non-hydrogen) atoms. The second-order valence-corrected chi connectivity index (χ2v) is 4.91. The molecule has 0 bridgehead atoms. The highest BCUT2D eigenvalue weighted by Gasteiger charge is 2.26. The van der Waals surface area contributed by atoms with Gasteiger partial charge in [-0.15, -0.1) is 0 Å². The number of carboxylic acid groups (broad SMARTS) is 2. The lowest BCUT2D eigenvalue weighted by Crippen LogP contribution is -2.34. The van der Waals surface area contributed by atoms with Crippen LogP contribution in [0, 0.1) is 0 Å². The summed E-state index contributed by atoms with van der Waals surface area (Å²) in [5.41, 5.74) is 2.26. The molecule has 0 aliphatic heterocycles. The molecule has 1 aromatic carbocycles. The Hall–Kier alpha value is -1.88. The lowest BCUT2D eigenvalue weighted by Gasteiger charge is -2.19. The Bertz CT molecular complexity index is 466. The lowest BCUT2D eigenvalue weighted by atomic mass is 10.0. The minimum Gasteiger partial charge on any atom is -0.480 e. The number of nitrogens with zero attached hydrogens (tertiary/aromatic N) is 1. The SMILES string of the molecule is O=C(O)CN(CC(=O)O)Cc1ccccc1C1CC1. The number of benzene rings is 1. The number of carbonyl (C=O) groups is 2. The minimum atomic E-state index is -1.01. The fourth-order valence-corrected chi connectivity index (χ4v) is 2.26. The maximum atomic E-state index is 10.8. The Balaban J connectivity index is 2.11. The van der Waals surface area contributed by atoms with Gasteiger partial charge in [-0.05, 0) is 29.9 Å². The van der Waals surface area contributed by atoms with Crippen molar-refractivity contribution in [3.05, 3.63) is 35.4 Å². The van der Waals surface area contributed by atoms with E-state index in [2.05, 4.69) is 0 Å². The van der Waals surface area contributed by atoms with E-state index in [0.717, 1.165) is 18.4 Å². The predicted molar refractivity (Wildman–Crippen MR) is 69.0 cm³/mol. The van der Waals surface area contributed by atoms with Gasteiger partial charge in [0, 0.05) is 6.54 Å². The zero-order valence-electron chi connectivity index (χ0n) is 10.6. The zero-order chi connectivity index (χ0) is 13.8. The molecule has 1 aliphatic rings. The molecular weight excluding hydrogens is 246 g/mol. The highest BCUT2D eigenvalue weighted by molar-refractivity contribution is 5.72. The van der Waals surface area contributed by atoms with E-state index in [1.54, 1.807) is 0 Å². The molecule has 5 nitrogen and oxygen atoms in total. The number of rotatable bonds is 7. The van der Waals surface area contributed by atoms with Gasteiger partial charge in [-0.2, -0.15) is 0 Å². The second kappa shape index (κ2) is 5.84. The van der Waals surface area contributed by atoms with Crippen LogP contribution in [0.5, 0.6) is 0 Å². The topological polar surface area (TPSA) is 77.8 Å². The van der Waals surface area contributed by atoms with Crippen molar-refractivity contribution in [1.29, 1.82) is 0 Å². The molecule has 0 aromatic heterocycles. The summed E-state index contributed by atoms with van der Waals surface area (Å²) < 4.78 is 0. The van der Waals surface area contributed by atoms with E-state index in [-0.39, 0.29) is 13.1 Å². The molecule has 0 atom stereocenters. The first kappa shape index (κ1) is 13.5. The van der Waals surface area contributed by atoms with E-state index in [9.17, 15) is 9.59 Å². The van der Waals surface area contributed by atoms with Crippen LogP contribution in [0.25, 0.3) is 0 Å². The highest BCUT2D eigenvalue weighted by atomic mass is 16.4. The molecule has 0 radical (unpaired) electrons. The molecule has 5 heteroatoms. The molecule has 0 saturated heterocycles. The van der Waals surface area contributed by atoms with Crippen molar-refractivity contribution in [2.75, 3.05) is 13.1 Å². The summed E-state index contributed by atoms with van der Waals surface area (Å²) in [6.07, 6.45) is 2.32. The number of hydrogen-bond acceptors (Lipinski definition) is 3. The van der Waals surface area contributed by atoms with Gasteiger partial charge in [0.15, 0.2) is 0 Å². The monoisotopic (exact) mass is 263 g/mol. The summed E-state index contributed by atoms with van der Waals surface area (Å²) in [6, 6.07) is 7.87. The van der Waals surface area contributed by atoms with Crippen LogP contribution in [-0.2, 0) is 16.1 Å². The first-order valence-corrected chi connectivity index (χ1v) is 6.30. The van der Waals surface area contributed by atoms with E-state index in [4.69, 9.17) is 10.2 Å². The van der Waals surface area contributed by atoms with Crippen LogP contribution in [0.15, 0.2) is 24.3 Å². The third kappa shape index (κ3) is 4.06. The number of hydrogen-bond donors (Lipinski definition) is 2. The Morgan fingerprint density at radius 3 is 2.21 bits per heavy atom. The molecule has 0 unspecified atom stereocenters. The van der Waals surface area contributed by atoms with E-state index in [0.29, 0.717) is 12.5 Å². The van der Waals surface area contributed by atoms with Gasteiger partial charge in [0.05, 0.1) is 13.1 Å². The summed E-state index contributed by atoms with van der Waals surface area (Å²) in [5, 5.41) is 17.7. The van der Waals surface area contributed by atoms with Crippen molar-refractivity contribution in [2.24, 2.45) is 0 Å². The molecule has 1 aromatic rings. The highest BCUT2D eigenvalue weighted by Crippen LogP contribution is 2.41. The van der Waals surface area contributed by atoms with Gasteiger partial charge in [0.25, 0.3) is 0 Å². The summed E-state index contributed by atoms with van der Waals surface area (Å²) in [7, 11) is 0.